The molecule has 1 aliphatic rings. The van der Waals surface area contributed by atoms with Gasteiger partial charge in [-0.15, -0.1) is 0 Å². The number of hydrogen-bond donors (Lipinski definition) is 0. The van der Waals surface area contributed by atoms with E-state index in [-0.39, 0.29) is 5.91 Å². The van der Waals surface area contributed by atoms with Gasteiger partial charge in [0.15, 0.2) is 0 Å². The van der Waals surface area contributed by atoms with Gasteiger partial charge in [-0.1, -0.05) is 84.9 Å². The number of aryl methyl sites for hydroxylation is 1. The molecule has 1 unspecified atom stereocenters. The molecule has 0 fully saturated rings. The molecular weight excluding hydrogens is 330 g/mol. The van der Waals surface area contributed by atoms with Crippen LogP contribution in [0.3, 0.4) is 0 Å². The maximum atomic E-state index is 13.6. The number of fused-ring (bicyclic) bond motifs is 1. The second-order valence-corrected chi connectivity index (χ2v) is 7.12. The highest BCUT2D eigenvalue weighted by Crippen LogP contribution is 2.48. The lowest BCUT2D eigenvalue weighted by Crippen LogP contribution is -2.39. The van der Waals surface area contributed by atoms with Crippen molar-refractivity contribution in [3.8, 4) is 0 Å². The van der Waals surface area contributed by atoms with Crippen LogP contribution in [0.15, 0.2) is 84.9 Å². The summed E-state index contributed by atoms with van der Waals surface area (Å²) >= 11 is 0. The number of carbonyl (C=O) groups excluding carboxylic acids is 1. The third-order valence-electron chi connectivity index (χ3n) is 5.53. The quantitative estimate of drug-likeness (QED) is 0.618. The normalized spacial score (nSPS) is 18.9. The van der Waals surface area contributed by atoms with Crippen LogP contribution < -0.4 is 4.90 Å². The fraction of sp³-hybridized carbons (Fsp3) is 0.160. The number of nitrogens with zero attached hydrogens (tertiary/aromatic N) is 1. The molecule has 2 nitrogen and oxygen atoms in total. The van der Waals surface area contributed by atoms with Crippen molar-refractivity contribution in [1.82, 2.24) is 0 Å². The molecule has 0 N–H and O–H groups in total. The molecule has 2 heteroatoms. The van der Waals surface area contributed by atoms with Crippen LogP contribution in [0.2, 0.25) is 0 Å². The van der Waals surface area contributed by atoms with Gasteiger partial charge in [-0.25, -0.2) is 0 Å². The molecule has 134 valence electrons. The molecule has 0 saturated heterocycles. The highest BCUT2D eigenvalue weighted by Gasteiger charge is 2.50. The van der Waals surface area contributed by atoms with Crippen molar-refractivity contribution in [2.45, 2.75) is 18.8 Å². The van der Waals surface area contributed by atoms with E-state index in [0.29, 0.717) is 6.42 Å². The van der Waals surface area contributed by atoms with Crippen molar-refractivity contribution in [1.29, 1.82) is 0 Å². The Labute approximate surface area is 160 Å². The van der Waals surface area contributed by atoms with E-state index in [1.54, 1.807) is 4.90 Å². The number of rotatable bonds is 4. The first-order valence-corrected chi connectivity index (χ1v) is 9.30. The molecule has 3 aromatic rings. The van der Waals surface area contributed by atoms with Crippen LogP contribution >= 0.6 is 0 Å². The summed E-state index contributed by atoms with van der Waals surface area (Å²) < 4.78 is 0. The van der Waals surface area contributed by atoms with Crippen LogP contribution in [0.1, 0.15) is 28.7 Å². The lowest BCUT2D eigenvalue weighted by Gasteiger charge is -2.29. The summed E-state index contributed by atoms with van der Waals surface area (Å²) in [5.74, 6) is 0.135. The highest BCUT2D eigenvalue weighted by molar-refractivity contribution is 6.10. The van der Waals surface area contributed by atoms with Crippen molar-refractivity contribution in [2.75, 3.05) is 11.9 Å². The van der Waals surface area contributed by atoms with E-state index in [9.17, 15) is 4.79 Å². The molecule has 0 aliphatic carbocycles. The first-order valence-electron chi connectivity index (χ1n) is 9.30. The monoisotopic (exact) mass is 353 g/mol. The minimum Gasteiger partial charge on any atom is -0.314 e. The van der Waals surface area contributed by atoms with Crippen LogP contribution in [-0.4, -0.2) is 13.0 Å². The van der Waals surface area contributed by atoms with Gasteiger partial charge < -0.3 is 4.90 Å². The zero-order valence-corrected chi connectivity index (χ0v) is 15.7. The Morgan fingerprint density at radius 3 is 2.22 bits per heavy atom. The van der Waals surface area contributed by atoms with Crippen LogP contribution in [0.25, 0.3) is 6.08 Å². The average Bonchev–Trinajstić information content (AvgIpc) is 2.92. The second-order valence-electron chi connectivity index (χ2n) is 7.12. The summed E-state index contributed by atoms with van der Waals surface area (Å²) in [6.07, 6.45) is 4.87. The number of benzene rings is 3. The molecule has 1 atom stereocenters. The average molecular weight is 353 g/mol. The third kappa shape index (κ3) is 2.78. The number of amides is 1. The molecule has 1 aliphatic heterocycles. The minimum atomic E-state index is -0.679. The number of anilines is 1. The molecule has 0 radical (unpaired) electrons. The van der Waals surface area contributed by atoms with Gasteiger partial charge in [-0.2, -0.15) is 0 Å². The van der Waals surface area contributed by atoms with Gasteiger partial charge in [0.25, 0.3) is 0 Å². The number of likely N-dealkylation sites (N-methyl/N-ethyl adjacent to an activating group) is 1. The largest absolute Gasteiger partial charge is 0.314 e. The van der Waals surface area contributed by atoms with Crippen LogP contribution in [0, 0.1) is 6.92 Å². The summed E-state index contributed by atoms with van der Waals surface area (Å²) in [6, 6.07) is 26.6. The molecule has 0 bridgehead atoms. The zero-order valence-electron chi connectivity index (χ0n) is 15.7. The third-order valence-corrected chi connectivity index (χ3v) is 5.53. The molecule has 27 heavy (non-hydrogen) atoms. The van der Waals surface area contributed by atoms with Crippen LogP contribution in [-0.2, 0) is 10.2 Å². The zero-order chi connectivity index (χ0) is 18.9. The summed E-state index contributed by atoms with van der Waals surface area (Å²) in [4.78, 5) is 15.4. The van der Waals surface area contributed by atoms with Crippen molar-refractivity contribution in [3.63, 3.8) is 0 Å². The predicted molar refractivity (Wildman–Crippen MR) is 112 cm³/mol. The smallest absolute Gasteiger partial charge is 0.242 e. The Balaban J connectivity index is 1.86. The molecule has 4 rings (SSSR count). The maximum absolute atomic E-state index is 13.6. The lowest BCUT2D eigenvalue weighted by molar-refractivity contribution is -0.121. The number of hydrogen-bond acceptors (Lipinski definition) is 1. The van der Waals surface area contributed by atoms with E-state index in [0.717, 1.165) is 27.9 Å². The Morgan fingerprint density at radius 1 is 0.852 bits per heavy atom. The Bertz CT molecular complexity index is 1010. The van der Waals surface area contributed by atoms with Crippen molar-refractivity contribution in [2.24, 2.45) is 0 Å². The topological polar surface area (TPSA) is 20.3 Å². The molecule has 0 saturated carbocycles. The molecule has 1 amide bonds. The summed E-state index contributed by atoms with van der Waals surface area (Å²) in [6.45, 7) is 2.09. The number of allylic oxidation sites excluding steroid dienone is 1. The second kappa shape index (κ2) is 6.88. The van der Waals surface area contributed by atoms with E-state index >= 15 is 0 Å². The van der Waals surface area contributed by atoms with Gasteiger partial charge in [0, 0.05) is 12.7 Å². The lowest BCUT2D eigenvalue weighted by atomic mass is 9.71. The van der Waals surface area contributed by atoms with Crippen LogP contribution in [0.4, 0.5) is 5.69 Å². The Morgan fingerprint density at radius 2 is 1.48 bits per heavy atom. The maximum Gasteiger partial charge on any atom is 0.242 e. The van der Waals surface area contributed by atoms with E-state index in [4.69, 9.17) is 0 Å². The fourth-order valence-electron chi connectivity index (χ4n) is 4.19. The first-order chi connectivity index (χ1) is 13.1. The summed E-state index contributed by atoms with van der Waals surface area (Å²) in [5.41, 5.74) is 4.78. The standard InChI is InChI=1S/C25H23NO/c1-19-11-6-7-15-21(19)25(18-10-14-20-12-4-3-5-13-20)22-16-8-9-17-23(22)26(2)24(25)27/h3-17H,18H2,1-2H3/b14-10+. The van der Waals surface area contributed by atoms with E-state index in [2.05, 4.69) is 49.4 Å². The van der Waals surface area contributed by atoms with Crippen molar-refractivity contribution in [3.05, 3.63) is 107 Å². The van der Waals surface area contributed by atoms with Gasteiger partial charge in [0.2, 0.25) is 5.91 Å². The van der Waals surface area contributed by atoms with E-state index in [1.807, 2.05) is 55.6 Å². The highest BCUT2D eigenvalue weighted by atomic mass is 16.2. The van der Waals surface area contributed by atoms with Crippen molar-refractivity contribution < 1.29 is 4.79 Å². The molecule has 1 heterocycles. The van der Waals surface area contributed by atoms with E-state index < -0.39 is 5.41 Å². The fourth-order valence-corrected chi connectivity index (χ4v) is 4.19. The first kappa shape index (κ1) is 17.3. The SMILES string of the molecule is Cc1ccccc1C1(C/C=C/c2ccccc2)C(=O)N(C)c2ccccc21. The van der Waals surface area contributed by atoms with Crippen molar-refractivity contribution >= 4 is 17.7 Å². The summed E-state index contributed by atoms with van der Waals surface area (Å²) in [5, 5.41) is 0. The minimum absolute atomic E-state index is 0.135. The van der Waals surface area contributed by atoms with E-state index in [1.165, 1.54) is 0 Å². The molecule has 3 aromatic carbocycles. The molecule has 0 spiro atoms. The number of carbonyl (C=O) groups is 1. The molecular formula is C25H23NO. The predicted octanol–water partition coefficient (Wildman–Crippen LogP) is 5.36. The van der Waals surface area contributed by atoms with Gasteiger partial charge in [-0.05, 0) is 41.7 Å². The molecule has 0 aromatic heterocycles. The number of para-hydroxylation sites is 1. The summed E-state index contributed by atoms with van der Waals surface area (Å²) in [7, 11) is 1.88. The van der Waals surface area contributed by atoms with Gasteiger partial charge in [-0.3, -0.25) is 4.79 Å². The van der Waals surface area contributed by atoms with Gasteiger partial charge in [0.1, 0.15) is 5.41 Å². The van der Waals surface area contributed by atoms with Gasteiger partial charge in [0.05, 0.1) is 0 Å². The Hall–Kier alpha value is -3.13. The van der Waals surface area contributed by atoms with Gasteiger partial charge >= 0.3 is 0 Å². The van der Waals surface area contributed by atoms with Crippen LogP contribution in [0.5, 0.6) is 0 Å². The Kier molecular flexibility index (Phi) is 4.41.